The highest BCUT2D eigenvalue weighted by Crippen LogP contribution is 2.14. The van der Waals surface area contributed by atoms with E-state index in [1.807, 2.05) is 0 Å². The Bertz CT molecular complexity index is 514. The van der Waals surface area contributed by atoms with Gasteiger partial charge in [-0.3, -0.25) is 4.79 Å². The Morgan fingerprint density at radius 3 is 3.00 bits per heavy atom. The van der Waals surface area contributed by atoms with Crippen molar-refractivity contribution in [3.05, 3.63) is 27.7 Å². The number of aromatic nitrogens is 2. The molecule has 5 nitrogen and oxygen atoms in total. The van der Waals surface area contributed by atoms with Crippen LogP contribution in [0.1, 0.15) is 17.7 Å². The topological polar surface area (TPSA) is 56.2 Å². The summed E-state index contributed by atoms with van der Waals surface area (Å²) in [5, 5.41) is 7.39. The van der Waals surface area contributed by atoms with Gasteiger partial charge in [0.05, 0.1) is 5.69 Å². The highest BCUT2D eigenvalue weighted by atomic mass is 19.4. The quantitative estimate of drug-likeness (QED) is 0.818. The third-order valence-corrected chi connectivity index (χ3v) is 2.94. The van der Waals surface area contributed by atoms with Crippen LogP contribution in [-0.4, -0.2) is 35.7 Å². The molecule has 0 aromatic carbocycles. The Labute approximate surface area is 113 Å². The van der Waals surface area contributed by atoms with Crippen molar-refractivity contribution in [2.24, 2.45) is 0 Å². The molecule has 2 rings (SSSR count). The monoisotopic (exact) mass is 291 g/mol. The maximum Gasteiger partial charge on any atom is 0.411 e. The Kier molecular flexibility index (Phi) is 4.77. The molecule has 112 valence electrons. The first-order chi connectivity index (χ1) is 9.46. The smallest absolute Gasteiger partial charge is 0.372 e. The van der Waals surface area contributed by atoms with E-state index in [0.29, 0.717) is 13.0 Å². The van der Waals surface area contributed by atoms with Crippen molar-refractivity contribution >= 4 is 0 Å². The minimum Gasteiger partial charge on any atom is -0.372 e. The largest absolute Gasteiger partial charge is 0.411 e. The zero-order chi connectivity index (χ0) is 14.6. The molecule has 1 N–H and O–H groups in total. The highest BCUT2D eigenvalue weighted by Gasteiger charge is 2.27. The number of fused-ring (bicyclic) bond motifs is 1. The van der Waals surface area contributed by atoms with E-state index in [1.165, 1.54) is 10.7 Å². The first kappa shape index (κ1) is 15.0. The van der Waals surface area contributed by atoms with Gasteiger partial charge in [0, 0.05) is 38.7 Å². The second-order valence-electron chi connectivity index (χ2n) is 4.63. The van der Waals surface area contributed by atoms with Crippen molar-refractivity contribution in [2.75, 3.05) is 19.8 Å². The molecule has 0 fully saturated rings. The first-order valence-corrected chi connectivity index (χ1v) is 6.41. The van der Waals surface area contributed by atoms with Crippen LogP contribution in [0.4, 0.5) is 13.2 Å². The number of nitrogens with zero attached hydrogens (tertiary/aromatic N) is 2. The van der Waals surface area contributed by atoms with Crippen LogP contribution < -0.4 is 10.9 Å². The minimum atomic E-state index is -4.31. The Balaban J connectivity index is 1.85. The molecule has 0 amide bonds. The summed E-state index contributed by atoms with van der Waals surface area (Å²) in [6, 6.07) is 1.53. The van der Waals surface area contributed by atoms with Crippen LogP contribution in [0.3, 0.4) is 0 Å². The lowest BCUT2D eigenvalue weighted by Gasteiger charge is -2.17. The predicted octanol–water partition coefficient (Wildman–Crippen LogP) is 0.858. The van der Waals surface area contributed by atoms with E-state index in [0.717, 1.165) is 24.2 Å². The summed E-state index contributed by atoms with van der Waals surface area (Å²) < 4.78 is 41.4. The average Bonchev–Trinajstić information content (AvgIpc) is 2.37. The fourth-order valence-corrected chi connectivity index (χ4v) is 2.02. The van der Waals surface area contributed by atoms with Gasteiger partial charge in [-0.15, -0.1) is 0 Å². The molecule has 0 bridgehead atoms. The number of nitrogens with one attached hydrogen (secondary N) is 1. The number of hydrogen-bond donors (Lipinski definition) is 1. The molecule has 0 spiro atoms. The Hall–Kier alpha value is -1.41. The highest BCUT2D eigenvalue weighted by molar-refractivity contribution is 5.20. The van der Waals surface area contributed by atoms with Crippen molar-refractivity contribution < 1.29 is 17.9 Å². The van der Waals surface area contributed by atoms with Gasteiger partial charge < -0.3 is 10.1 Å². The van der Waals surface area contributed by atoms with Gasteiger partial charge in [0.15, 0.2) is 0 Å². The molecule has 0 unspecified atom stereocenters. The van der Waals surface area contributed by atoms with E-state index in [2.05, 4.69) is 15.2 Å². The maximum atomic E-state index is 11.9. The summed E-state index contributed by atoms with van der Waals surface area (Å²) in [7, 11) is 0. The van der Waals surface area contributed by atoms with Crippen LogP contribution in [0, 0.1) is 0 Å². The van der Waals surface area contributed by atoms with Crippen molar-refractivity contribution in [1.29, 1.82) is 0 Å². The molecule has 0 saturated carbocycles. The molecule has 1 aliphatic heterocycles. The van der Waals surface area contributed by atoms with E-state index < -0.39 is 12.8 Å². The van der Waals surface area contributed by atoms with Crippen molar-refractivity contribution in [2.45, 2.75) is 32.1 Å². The Morgan fingerprint density at radius 2 is 2.25 bits per heavy atom. The maximum absolute atomic E-state index is 11.9. The average molecular weight is 291 g/mol. The molecule has 0 atom stereocenters. The number of rotatable bonds is 5. The predicted molar refractivity (Wildman–Crippen MR) is 65.4 cm³/mol. The summed E-state index contributed by atoms with van der Waals surface area (Å²) in [6.45, 7) is 0.398. The molecule has 0 radical (unpaired) electrons. The van der Waals surface area contributed by atoms with Gasteiger partial charge in [-0.25, -0.2) is 4.68 Å². The van der Waals surface area contributed by atoms with Gasteiger partial charge in [0.25, 0.3) is 5.56 Å². The summed E-state index contributed by atoms with van der Waals surface area (Å²) in [4.78, 5) is 11.8. The lowest BCUT2D eigenvalue weighted by molar-refractivity contribution is -0.174. The third-order valence-electron chi connectivity index (χ3n) is 2.94. The number of halogens is 3. The van der Waals surface area contributed by atoms with Gasteiger partial charge in [-0.1, -0.05) is 0 Å². The fraction of sp³-hybridized carbons (Fsp3) is 0.667. The SMILES string of the molecule is O=c1cc2c(nn1CCCOCC(F)(F)F)CCNC2. The van der Waals surface area contributed by atoms with Crippen molar-refractivity contribution in [1.82, 2.24) is 15.1 Å². The van der Waals surface area contributed by atoms with Gasteiger partial charge in [-0.05, 0) is 12.0 Å². The molecule has 8 heteroatoms. The number of alkyl halides is 3. The molecular formula is C12H16F3N3O2. The number of ether oxygens (including phenoxy) is 1. The summed E-state index contributed by atoms with van der Waals surface area (Å²) in [5.41, 5.74) is 1.54. The van der Waals surface area contributed by atoms with Gasteiger partial charge >= 0.3 is 6.18 Å². The first-order valence-electron chi connectivity index (χ1n) is 6.41. The van der Waals surface area contributed by atoms with Gasteiger partial charge in [-0.2, -0.15) is 18.3 Å². The van der Waals surface area contributed by atoms with Crippen LogP contribution in [0.2, 0.25) is 0 Å². The zero-order valence-electron chi connectivity index (χ0n) is 10.9. The van der Waals surface area contributed by atoms with E-state index in [9.17, 15) is 18.0 Å². The fourth-order valence-electron chi connectivity index (χ4n) is 2.02. The zero-order valence-corrected chi connectivity index (χ0v) is 10.9. The molecule has 1 aromatic heterocycles. The van der Waals surface area contributed by atoms with Crippen molar-refractivity contribution in [3.63, 3.8) is 0 Å². The molecule has 20 heavy (non-hydrogen) atoms. The van der Waals surface area contributed by atoms with Crippen LogP contribution in [0.15, 0.2) is 10.9 Å². The van der Waals surface area contributed by atoms with E-state index >= 15 is 0 Å². The summed E-state index contributed by atoms with van der Waals surface area (Å²) >= 11 is 0. The summed E-state index contributed by atoms with van der Waals surface area (Å²) in [5.74, 6) is 0. The minimum absolute atomic E-state index is 0.0493. The third kappa shape index (κ3) is 4.31. The molecule has 0 aliphatic carbocycles. The lowest BCUT2D eigenvalue weighted by atomic mass is 10.1. The van der Waals surface area contributed by atoms with Crippen LogP contribution in [0.25, 0.3) is 0 Å². The molecule has 1 aromatic rings. The molecule has 1 aliphatic rings. The van der Waals surface area contributed by atoms with E-state index in [1.54, 1.807) is 0 Å². The summed E-state index contributed by atoms with van der Waals surface area (Å²) in [6.07, 6.45) is -3.24. The molecule has 0 saturated heterocycles. The van der Waals surface area contributed by atoms with Crippen LogP contribution in [-0.2, 0) is 24.2 Å². The second-order valence-corrected chi connectivity index (χ2v) is 4.63. The second kappa shape index (κ2) is 6.36. The number of aryl methyl sites for hydroxylation is 1. The lowest BCUT2D eigenvalue weighted by Crippen LogP contribution is -2.32. The standard InChI is InChI=1S/C12H16F3N3O2/c13-12(14,15)8-20-5-1-4-18-11(19)6-9-7-16-3-2-10(9)17-18/h6,16H,1-5,7-8H2. The number of hydrogen-bond acceptors (Lipinski definition) is 4. The van der Waals surface area contributed by atoms with E-state index in [4.69, 9.17) is 0 Å². The van der Waals surface area contributed by atoms with Gasteiger partial charge in [0.1, 0.15) is 6.61 Å². The van der Waals surface area contributed by atoms with Gasteiger partial charge in [0.2, 0.25) is 0 Å². The van der Waals surface area contributed by atoms with E-state index in [-0.39, 0.29) is 18.7 Å². The van der Waals surface area contributed by atoms with Crippen LogP contribution in [0.5, 0.6) is 0 Å². The van der Waals surface area contributed by atoms with Crippen molar-refractivity contribution in [3.8, 4) is 0 Å². The van der Waals surface area contributed by atoms with Crippen LogP contribution >= 0.6 is 0 Å². The molecule has 2 heterocycles. The molecular weight excluding hydrogens is 275 g/mol. The Morgan fingerprint density at radius 1 is 1.45 bits per heavy atom. The normalized spacial score (nSPS) is 15.2.